The van der Waals surface area contributed by atoms with Crippen LogP contribution < -0.4 is 0 Å². The summed E-state index contributed by atoms with van der Waals surface area (Å²) in [6, 6.07) is 13.7. The molecule has 2 amide bonds. The maximum Gasteiger partial charge on any atom is 0.399 e. The zero-order valence-corrected chi connectivity index (χ0v) is 18.8. The second-order valence-electron chi connectivity index (χ2n) is 7.67. The molecule has 0 fully saturated rings. The summed E-state index contributed by atoms with van der Waals surface area (Å²) in [5.74, 6) is -3.83. The number of halogens is 6. The van der Waals surface area contributed by atoms with Gasteiger partial charge in [-0.15, -0.1) is 0 Å². The van der Waals surface area contributed by atoms with Crippen molar-refractivity contribution in [2.75, 3.05) is 0 Å². The average molecular weight is 508 g/mol. The monoisotopic (exact) mass is 507 g/mol. The lowest BCUT2D eigenvalue weighted by Crippen LogP contribution is -2.29. The van der Waals surface area contributed by atoms with Crippen molar-refractivity contribution in [2.24, 2.45) is 0 Å². The molecule has 174 valence electrons. The van der Waals surface area contributed by atoms with Crippen LogP contribution in [-0.4, -0.2) is 22.9 Å². The van der Waals surface area contributed by atoms with E-state index in [0.717, 1.165) is 23.1 Å². The molecule has 3 aromatic rings. The Balaban J connectivity index is 1.56. The Bertz CT molecular complexity index is 1270. The zero-order valence-electron chi connectivity index (χ0n) is 17.2. The molecule has 0 bridgehead atoms. The lowest BCUT2D eigenvalue weighted by Gasteiger charge is -2.18. The third kappa shape index (κ3) is 4.86. The van der Waals surface area contributed by atoms with Gasteiger partial charge in [0.15, 0.2) is 0 Å². The Morgan fingerprint density at radius 2 is 1.47 bits per heavy atom. The van der Waals surface area contributed by atoms with Crippen LogP contribution in [0, 0.1) is 5.82 Å². The van der Waals surface area contributed by atoms with Gasteiger partial charge in [0.25, 0.3) is 11.8 Å². The molecule has 9 heteroatoms. The summed E-state index contributed by atoms with van der Waals surface area (Å²) in [5, 5.41) is 0.127. The predicted octanol–water partition coefficient (Wildman–Crippen LogP) is 7.29. The van der Waals surface area contributed by atoms with E-state index in [1.807, 2.05) is 0 Å². The maximum absolute atomic E-state index is 14.7. The second-order valence-corrected chi connectivity index (χ2v) is 8.55. The van der Waals surface area contributed by atoms with Gasteiger partial charge in [0, 0.05) is 15.6 Å². The van der Waals surface area contributed by atoms with Gasteiger partial charge in [-0.2, -0.15) is 13.2 Å². The fourth-order valence-corrected chi connectivity index (χ4v) is 4.26. The summed E-state index contributed by atoms with van der Waals surface area (Å²) < 4.78 is 55.7. The number of alkyl halides is 3. The van der Waals surface area contributed by atoms with Crippen LogP contribution in [0.1, 0.15) is 43.3 Å². The Morgan fingerprint density at radius 1 is 0.882 bits per heavy atom. The molecule has 0 saturated carbocycles. The van der Waals surface area contributed by atoms with Crippen LogP contribution in [0.3, 0.4) is 0 Å². The minimum absolute atomic E-state index is 0.0562. The number of carbonyl (C=O) groups is 2. The highest BCUT2D eigenvalue weighted by atomic mass is 35.5. The minimum Gasteiger partial charge on any atom is -0.270 e. The van der Waals surface area contributed by atoms with Crippen LogP contribution in [0.15, 0.2) is 66.7 Å². The average Bonchev–Trinajstić information content (AvgIpc) is 2.99. The summed E-state index contributed by atoms with van der Waals surface area (Å²) in [4.78, 5) is 25.9. The lowest BCUT2D eigenvalue weighted by molar-refractivity contribution is -0.139. The summed E-state index contributed by atoms with van der Waals surface area (Å²) in [5.41, 5.74) is 0.564. The van der Waals surface area contributed by atoms with Crippen molar-refractivity contribution >= 4 is 41.1 Å². The second kappa shape index (κ2) is 9.24. The Morgan fingerprint density at radius 3 is 2.00 bits per heavy atom. The highest BCUT2D eigenvalue weighted by Gasteiger charge is 2.39. The van der Waals surface area contributed by atoms with Crippen LogP contribution in [0.4, 0.5) is 17.6 Å². The van der Waals surface area contributed by atoms with Gasteiger partial charge >= 0.3 is 6.18 Å². The van der Waals surface area contributed by atoms with Crippen molar-refractivity contribution in [1.29, 1.82) is 0 Å². The molecule has 0 saturated heterocycles. The number of carbonyl (C=O) groups excluding carboxylic acids is 2. The minimum atomic E-state index is -4.63. The maximum atomic E-state index is 14.7. The van der Waals surface area contributed by atoms with E-state index >= 15 is 0 Å². The van der Waals surface area contributed by atoms with Gasteiger partial charge in [0.05, 0.1) is 23.6 Å². The number of allylic oxidation sites excluding steroid dienone is 1. The smallest absolute Gasteiger partial charge is 0.270 e. The van der Waals surface area contributed by atoms with Crippen LogP contribution in [0.2, 0.25) is 10.0 Å². The quantitative estimate of drug-likeness (QED) is 0.268. The molecule has 3 nitrogen and oxygen atoms in total. The van der Waals surface area contributed by atoms with E-state index in [2.05, 4.69) is 0 Å². The molecule has 34 heavy (non-hydrogen) atoms. The van der Waals surface area contributed by atoms with Crippen LogP contribution in [0.25, 0.3) is 6.08 Å². The van der Waals surface area contributed by atoms with E-state index in [1.165, 1.54) is 42.5 Å². The zero-order chi connectivity index (χ0) is 24.6. The van der Waals surface area contributed by atoms with Gasteiger partial charge in [-0.05, 0) is 47.5 Å². The van der Waals surface area contributed by atoms with E-state index in [9.17, 15) is 27.2 Å². The molecule has 1 aliphatic heterocycles. The first-order valence-corrected chi connectivity index (χ1v) is 10.7. The Hall–Kier alpha value is -3.16. The van der Waals surface area contributed by atoms with Crippen molar-refractivity contribution in [3.05, 3.63) is 110 Å². The van der Waals surface area contributed by atoms with Gasteiger partial charge in [0.1, 0.15) is 5.82 Å². The van der Waals surface area contributed by atoms with Crippen molar-refractivity contribution in [3.63, 3.8) is 0 Å². The highest BCUT2D eigenvalue weighted by Crippen LogP contribution is 2.38. The molecule has 0 spiro atoms. The van der Waals surface area contributed by atoms with Gasteiger partial charge in [-0.1, -0.05) is 59.6 Å². The van der Waals surface area contributed by atoms with Crippen LogP contribution >= 0.6 is 23.2 Å². The number of benzene rings is 3. The molecule has 4 rings (SSSR count). The number of hydrogen-bond donors (Lipinski definition) is 0. The molecule has 1 unspecified atom stereocenters. The Labute approximate surface area is 202 Å². The van der Waals surface area contributed by atoms with Gasteiger partial charge in [0.2, 0.25) is 0 Å². The normalized spacial score (nSPS) is 14.7. The molecule has 1 aliphatic rings. The molecule has 3 aromatic carbocycles. The van der Waals surface area contributed by atoms with E-state index in [-0.39, 0.29) is 44.4 Å². The molecule has 0 N–H and O–H groups in total. The number of amides is 2. The standard InChI is InChI=1S/C25H15Cl2F4NO2/c26-17-10-16(11-18(27)12-17)21(25(29,30)31)8-6-14-5-7-15(22(28)9-14)13-32-23(33)19-3-1-2-4-20(19)24(32)34/h1-12,21H,13H2/b8-6+. The predicted molar refractivity (Wildman–Crippen MR) is 121 cm³/mol. The summed E-state index contributed by atoms with van der Waals surface area (Å²) >= 11 is 11.7. The summed E-state index contributed by atoms with van der Waals surface area (Å²) in [6.45, 7) is -0.297. The van der Waals surface area contributed by atoms with Crippen LogP contribution in [-0.2, 0) is 6.54 Å². The molecule has 0 aliphatic carbocycles. The van der Waals surface area contributed by atoms with Gasteiger partial charge in [-0.3, -0.25) is 14.5 Å². The van der Waals surface area contributed by atoms with E-state index < -0.39 is 29.7 Å². The topological polar surface area (TPSA) is 37.4 Å². The largest absolute Gasteiger partial charge is 0.399 e. The Kier molecular flexibility index (Phi) is 6.51. The van der Waals surface area contributed by atoms with Gasteiger partial charge in [-0.25, -0.2) is 4.39 Å². The van der Waals surface area contributed by atoms with Crippen molar-refractivity contribution < 1.29 is 27.2 Å². The molecule has 0 radical (unpaired) electrons. The third-order valence-corrected chi connectivity index (χ3v) is 5.80. The molecule has 1 heterocycles. The van der Waals surface area contributed by atoms with E-state index in [4.69, 9.17) is 23.2 Å². The van der Waals surface area contributed by atoms with E-state index in [0.29, 0.717) is 0 Å². The fourth-order valence-electron chi connectivity index (χ4n) is 3.72. The van der Waals surface area contributed by atoms with Crippen molar-refractivity contribution in [3.8, 4) is 0 Å². The fraction of sp³-hybridized carbons (Fsp3) is 0.120. The first-order chi connectivity index (χ1) is 16.0. The molecule has 1 atom stereocenters. The third-order valence-electron chi connectivity index (χ3n) is 5.36. The number of hydrogen-bond acceptors (Lipinski definition) is 2. The number of fused-ring (bicyclic) bond motifs is 1. The van der Waals surface area contributed by atoms with Crippen LogP contribution in [0.5, 0.6) is 0 Å². The van der Waals surface area contributed by atoms with Gasteiger partial charge < -0.3 is 0 Å². The first-order valence-electron chi connectivity index (χ1n) is 9.99. The summed E-state index contributed by atoms with van der Waals surface area (Å²) in [6.07, 6.45) is -2.60. The molecular weight excluding hydrogens is 493 g/mol. The number of imide groups is 1. The number of nitrogens with zero attached hydrogens (tertiary/aromatic N) is 1. The number of rotatable bonds is 5. The molecule has 0 aromatic heterocycles. The SMILES string of the molecule is O=C1c2ccccc2C(=O)N1Cc1ccc(/C=C/C(c2cc(Cl)cc(Cl)c2)C(F)(F)F)cc1F. The lowest BCUT2D eigenvalue weighted by atomic mass is 9.97. The van der Waals surface area contributed by atoms with Crippen molar-refractivity contribution in [2.45, 2.75) is 18.6 Å². The highest BCUT2D eigenvalue weighted by molar-refractivity contribution is 6.34. The summed E-state index contributed by atoms with van der Waals surface area (Å²) in [7, 11) is 0. The first kappa shape index (κ1) is 24.0. The van der Waals surface area contributed by atoms with Crippen molar-refractivity contribution in [1.82, 2.24) is 4.90 Å². The molecular formula is C25H15Cl2F4NO2. The van der Waals surface area contributed by atoms with E-state index in [1.54, 1.807) is 12.1 Å².